The molecule has 39 heavy (non-hydrogen) atoms. The van der Waals surface area contributed by atoms with Crippen LogP contribution in [-0.4, -0.2) is 38.7 Å². The molecule has 2 aromatic rings. The van der Waals surface area contributed by atoms with Gasteiger partial charge in [0.2, 0.25) is 0 Å². The second-order valence-electron chi connectivity index (χ2n) is 10.2. The molecule has 4 rings (SSSR count). The quantitative estimate of drug-likeness (QED) is 0.364. The maximum absolute atomic E-state index is 13.9. The summed E-state index contributed by atoms with van der Waals surface area (Å²) in [6.07, 6.45) is 2.33. The summed E-state index contributed by atoms with van der Waals surface area (Å²) in [5, 5.41) is 3.42. The highest BCUT2D eigenvalue weighted by Gasteiger charge is 2.42. The standard InChI is InChI=1S/C32H39NO6/c1-7-15-38-27-14-11-22(18-28(27)37-6)30-29(32(35)39-19(3)8-2)20(4)33-25-16-23(17-26(34)31(25)30)21-9-12-24(36-5)13-10-21/h9-14,18-19,23,30,33H,7-8,15-17H2,1-6H3/t19-,23-,30-/m1/s1. The fraction of sp³-hybridized carbons (Fsp3) is 0.438. The zero-order chi connectivity index (χ0) is 28.1. The van der Waals surface area contributed by atoms with Crippen molar-refractivity contribution in [2.45, 2.75) is 71.3 Å². The average molecular weight is 534 g/mol. The fourth-order valence-corrected chi connectivity index (χ4v) is 5.28. The Kier molecular flexibility index (Phi) is 9.00. The number of benzene rings is 2. The summed E-state index contributed by atoms with van der Waals surface area (Å²) in [5.74, 6) is 1.02. The summed E-state index contributed by atoms with van der Waals surface area (Å²) >= 11 is 0. The second-order valence-corrected chi connectivity index (χ2v) is 10.2. The van der Waals surface area contributed by atoms with Gasteiger partial charge in [-0.25, -0.2) is 4.79 Å². The molecule has 1 heterocycles. The highest BCUT2D eigenvalue weighted by molar-refractivity contribution is 6.04. The van der Waals surface area contributed by atoms with Gasteiger partial charge in [0.1, 0.15) is 5.75 Å². The molecule has 1 aliphatic carbocycles. The first-order valence-electron chi connectivity index (χ1n) is 13.7. The Hall–Kier alpha value is -3.74. The van der Waals surface area contributed by atoms with Crippen molar-refractivity contribution in [3.8, 4) is 17.2 Å². The summed E-state index contributed by atoms with van der Waals surface area (Å²) in [6.45, 7) is 8.33. The van der Waals surface area contributed by atoms with Gasteiger partial charge in [-0.05, 0) is 74.4 Å². The molecule has 0 bridgehead atoms. The number of dihydropyridines is 1. The first-order valence-corrected chi connectivity index (χ1v) is 13.7. The highest BCUT2D eigenvalue weighted by Crippen LogP contribution is 2.47. The van der Waals surface area contributed by atoms with Gasteiger partial charge in [-0.15, -0.1) is 0 Å². The topological polar surface area (TPSA) is 83.1 Å². The summed E-state index contributed by atoms with van der Waals surface area (Å²) < 4.78 is 22.6. The van der Waals surface area contributed by atoms with Crippen molar-refractivity contribution in [1.82, 2.24) is 5.32 Å². The largest absolute Gasteiger partial charge is 0.497 e. The smallest absolute Gasteiger partial charge is 0.337 e. The third-order valence-corrected chi connectivity index (χ3v) is 7.50. The molecule has 1 aliphatic heterocycles. The van der Waals surface area contributed by atoms with E-state index in [0.29, 0.717) is 54.2 Å². The average Bonchev–Trinajstić information content (AvgIpc) is 2.94. The van der Waals surface area contributed by atoms with E-state index in [4.69, 9.17) is 18.9 Å². The number of rotatable bonds is 10. The molecule has 0 radical (unpaired) electrons. The number of nitrogens with one attached hydrogen (secondary N) is 1. The van der Waals surface area contributed by atoms with E-state index in [-0.39, 0.29) is 17.8 Å². The Morgan fingerprint density at radius 3 is 2.36 bits per heavy atom. The van der Waals surface area contributed by atoms with Crippen LogP contribution in [0.25, 0.3) is 0 Å². The Labute approximate surface area is 231 Å². The lowest BCUT2D eigenvalue weighted by atomic mass is 9.71. The van der Waals surface area contributed by atoms with E-state index in [1.807, 2.05) is 70.2 Å². The van der Waals surface area contributed by atoms with Gasteiger partial charge in [0.25, 0.3) is 0 Å². The van der Waals surface area contributed by atoms with Crippen molar-refractivity contribution >= 4 is 11.8 Å². The predicted octanol–water partition coefficient (Wildman–Crippen LogP) is 6.20. The monoisotopic (exact) mass is 533 g/mol. The van der Waals surface area contributed by atoms with Crippen LogP contribution in [0.2, 0.25) is 0 Å². The second kappa shape index (κ2) is 12.4. The Morgan fingerprint density at radius 1 is 1.00 bits per heavy atom. The fourth-order valence-electron chi connectivity index (χ4n) is 5.28. The van der Waals surface area contributed by atoms with Crippen LogP contribution in [0.5, 0.6) is 17.2 Å². The zero-order valence-electron chi connectivity index (χ0n) is 23.8. The summed E-state index contributed by atoms with van der Waals surface area (Å²) in [7, 11) is 3.23. The third-order valence-electron chi connectivity index (χ3n) is 7.50. The van der Waals surface area contributed by atoms with Crippen molar-refractivity contribution in [3.05, 3.63) is 76.1 Å². The Morgan fingerprint density at radius 2 is 1.72 bits per heavy atom. The molecule has 2 aromatic carbocycles. The molecule has 0 amide bonds. The minimum atomic E-state index is -0.573. The van der Waals surface area contributed by atoms with Gasteiger partial charge in [-0.3, -0.25) is 4.79 Å². The van der Waals surface area contributed by atoms with Gasteiger partial charge in [0.05, 0.1) is 32.5 Å². The molecule has 3 atom stereocenters. The number of ether oxygens (including phenoxy) is 4. The minimum Gasteiger partial charge on any atom is -0.497 e. The van der Waals surface area contributed by atoms with Crippen molar-refractivity contribution in [2.75, 3.05) is 20.8 Å². The van der Waals surface area contributed by atoms with Gasteiger partial charge in [-0.2, -0.15) is 0 Å². The maximum atomic E-state index is 13.9. The molecular formula is C32H39NO6. The van der Waals surface area contributed by atoms with E-state index in [2.05, 4.69) is 5.32 Å². The number of carbonyl (C=O) groups is 2. The van der Waals surface area contributed by atoms with Crippen molar-refractivity contribution in [3.63, 3.8) is 0 Å². The summed E-state index contributed by atoms with van der Waals surface area (Å²) in [4.78, 5) is 27.4. The lowest BCUT2D eigenvalue weighted by Crippen LogP contribution is -2.36. The molecule has 0 saturated carbocycles. The van der Waals surface area contributed by atoms with E-state index in [9.17, 15) is 9.59 Å². The van der Waals surface area contributed by atoms with Gasteiger partial charge in [0, 0.05) is 29.3 Å². The molecule has 1 N–H and O–H groups in total. The summed E-state index contributed by atoms with van der Waals surface area (Å²) in [5.41, 5.74) is 4.48. The first-order chi connectivity index (χ1) is 18.8. The van der Waals surface area contributed by atoms with E-state index >= 15 is 0 Å². The normalized spacial score (nSPS) is 19.7. The number of allylic oxidation sites excluding steroid dienone is 3. The summed E-state index contributed by atoms with van der Waals surface area (Å²) in [6, 6.07) is 13.5. The van der Waals surface area contributed by atoms with Crippen molar-refractivity contribution < 1.29 is 28.5 Å². The van der Waals surface area contributed by atoms with E-state index in [0.717, 1.165) is 29.0 Å². The van der Waals surface area contributed by atoms with Gasteiger partial charge in [0.15, 0.2) is 17.3 Å². The number of hydrogen-bond donors (Lipinski definition) is 1. The zero-order valence-corrected chi connectivity index (χ0v) is 23.8. The number of methoxy groups -OCH3 is 2. The van der Waals surface area contributed by atoms with E-state index in [1.165, 1.54) is 0 Å². The lowest BCUT2D eigenvalue weighted by Gasteiger charge is -2.37. The van der Waals surface area contributed by atoms with Gasteiger partial charge >= 0.3 is 5.97 Å². The molecule has 0 fully saturated rings. The number of esters is 1. The van der Waals surface area contributed by atoms with Crippen LogP contribution >= 0.6 is 0 Å². The molecule has 0 aromatic heterocycles. The molecule has 0 spiro atoms. The number of Topliss-reactive ketones (excluding diaryl/α,β-unsaturated/α-hetero) is 1. The minimum absolute atomic E-state index is 0.0150. The van der Waals surface area contributed by atoms with Crippen LogP contribution in [0.1, 0.15) is 76.3 Å². The maximum Gasteiger partial charge on any atom is 0.337 e. The highest BCUT2D eigenvalue weighted by atomic mass is 16.5. The number of hydrogen-bond acceptors (Lipinski definition) is 7. The van der Waals surface area contributed by atoms with Crippen LogP contribution in [-0.2, 0) is 14.3 Å². The van der Waals surface area contributed by atoms with E-state index < -0.39 is 11.9 Å². The molecular weight excluding hydrogens is 494 g/mol. The number of ketones is 1. The van der Waals surface area contributed by atoms with Crippen LogP contribution < -0.4 is 19.5 Å². The van der Waals surface area contributed by atoms with Crippen LogP contribution in [0.4, 0.5) is 0 Å². The lowest BCUT2D eigenvalue weighted by molar-refractivity contribution is -0.144. The Bertz CT molecular complexity index is 1280. The molecule has 0 unspecified atom stereocenters. The van der Waals surface area contributed by atoms with Crippen molar-refractivity contribution in [1.29, 1.82) is 0 Å². The molecule has 2 aliphatic rings. The third kappa shape index (κ3) is 5.97. The van der Waals surface area contributed by atoms with Crippen molar-refractivity contribution in [2.24, 2.45) is 0 Å². The SMILES string of the molecule is CCCOc1ccc([C@@H]2C(C(=O)O[C@H](C)CC)=C(C)NC3=C2C(=O)C[C@H](c2ccc(OC)cc2)C3)cc1OC. The first kappa shape index (κ1) is 28.3. The van der Waals surface area contributed by atoms with E-state index in [1.54, 1.807) is 14.2 Å². The molecule has 7 nitrogen and oxygen atoms in total. The Balaban J connectivity index is 1.78. The number of carbonyl (C=O) groups excluding carboxylic acids is 2. The molecule has 7 heteroatoms. The van der Waals surface area contributed by atoms with Crippen LogP contribution in [0, 0.1) is 0 Å². The van der Waals surface area contributed by atoms with Gasteiger partial charge in [-0.1, -0.05) is 32.0 Å². The molecule has 208 valence electrons. The molecule has 0 saturated heterocycles. The van der Waals surface area contributed by atoms with Gasteiger partial charge < -0.3 is 24.3 Å². The van der Waals surface area contributed by atoms with Crippen LogP contribution in [0.3, 0.4) is 0 Å². The van der Waals surface area contributed by atoms with Crippen LogP contribution in [0.15, 0.2) is 65.0 Å². The predicted molar refractivity (Wildman–Crippen MR) is 150 cm³/mol.